The lowest BCUT2D eigenvalue weighted by molar-refractivity contribution is 0.447. The summed E-state index contributed by atoms with van der Waals surface area (Å²) in [4.78, 5) is 17.7. The third-order valence-corrected chi connectivity index (χ3v) is 2.58. The molecule has 0 aliphatic rings. The molecular weight excluding hydrogens is 237 g/mol. The summed E-state index contributed by atoms with van der Waals surface area (Å²) in [5, 5.41) is 12.2. The van der Waals surface area contributed by atoms with Crippen LogP contribution in [0.4, 0.5) is 16.0 Å². The summed E-state index contributed by atoms with van der Waals surface area (Å²) in [5.74, 6) is -0.686. The van der Waals surface area contributed by atoms with E-state index in [4.69, 9.17) is 0 Å². The molecule has 18 heavy (non-hydrogen) atoms. The number of nitrogens with zero attached hydrogens (tertiary/aromatic N) is 1. The lowest BCUT2D eigenvalue weighted by atomic mass is 10.2. The Bertz CT molecular complexity index is 652. The van der Waals surface area contributed by atoms with Crippen LogP contribution in [0.1, 0.15) is 11.1 Å². The third kappa shape index (κ3) is 2.32. The van der Waals surface area contributed by atoms with E-state index >= 15 is 0 Å². The molecule has 2 rings (SSSR count). The van der Waals surface area contributed by atoms with Crippen LogP contribution in [0.15, 0.2) is 23.0 Å². The van der Waals surface area contributed by atoms with Crippen LogP contribution in [0.25, 0.3) is 0 Å². The van der Waals surface area contributed by atoms with E-state index in [0.29, 0.717) is 5.69 Å². The number of nitrogens with one attached hydrogen (secondary N) is 2. The molecule has 94 valence electrons. The van der Waals surface area contributed by atoms with Gasteiger partial charge >= 0.3 is 0 Å². The summed E-state index contributed by atoms with van der Waals surface area (Å²) in [6.45, 7) is 3.24. The average molecular weight is 249 g/mol. The van der Waals surface area contributed by atoms with E-state index < -0.39 is 11.4 Å². The highest BCUT2D eigenvalue weighted by Crippen LogP contribution is 2.20. The summed E-state index contributed by atoms with van der Waals surface area (Å²) < 4.78 is 13.1. The average Bonchev–Trinajstić information content (AvgIpc) is 2.31. The summed E-state index contributed by atoms with van der Waals surface area (Å²) in [6, 6.07) is 4.22. The minimum absolute atomic E-state index is 0.0665. The number of hydrogen-bond donors (Lipinski definition) is 3. The number of aromatic amines is 1. The van der Waals surface area contributed by atoms with Gasteiger partial charge in [-0.3, -0.25) is 9.78 Å². The Balaban J connectivity index is 2.40. The maximum absolute atomic E-state index is 13.1. The lowest BCUT2D eigenvalue weighted by Gasteiger charge is -2.09. The van der Waals surface area contributed by atoms with Crippen molar-refractivity contribution in [2.45, 2.75) is 13.8 Å². The molecule has 0 radical (unpaired) electrons. The maximum atomic E-state index is 13.1. The highest BCUT2D eigenvalue weighted by atomic mass is 19.1. The van der Waals surface area contributed by atoms with E-state index in [9.17, 15) is 14.3 Å². The summed E-state index contributed by atoms with van der Waals surface area (Å²) in [7, 11) is 0. The number of benzene rings is 1. The van der Waals surface area contributed by atoms with E-state index in [2.05, 4.69) is 15.3 Å². The van der Waals surface area contributed by atoms with Crippen LogP contribution in [-0.2, 0) is 0 Å². The monoisotopic (exact) mass is 249 g/mol. The van der Waals surface area contributed by atoms with Crippen molar-refractivity contribution in [1.82, 2.24) is 9.97 Å². The lowest BCUT2D eigenvalue weighted by Crippen LogP contribution is -2.13. The molecule has 3 N–H and O–H groups in total. The second-order valence-corrected chi connectivity index (χ2v) is 3.95. The molecule has 2 aromatic rings. The van der Waals surface area contributed by atoms with Crippen molar-refractivity contribution in [3.8, 4) is 5.88 Å². The molecule has 0 saturated carbocycles. The van der Waals surface area contributed by atoms with Crippen LogP contribution in [-0.4, -0.2) is 15.1 Å². The van der Waals surface area contributed by atoms with Crippen molar-refractivity contribution in [2.75, 3.05) is 5.32 Å². The van der Waals surface area contributed by atoms with Crippen LogP contribution in [0.3, 0.4) is 0 Å². The Hall–Kier alpha value is -2.37. The van der Waals surface area contributed by atoms with Crippen molar-refractivity contribution in [3.63, 3.8) is 0 Å². The molecule has 0 spiro atoms. The number of aryl methyl sites for hydroxylation is 1. The van der Waals surface area contributed by atoms with E-state index in [-0.39, 0.29) is 17.4 Å². The van der Waals surface area contributed by atoms with Gasteiger partial charge in [0, 0.05) is 5.69 Å². The number of halogens is 1. The fraction of sp³-hybridized carbons (Fsp3) is 0.167. The molecule has 0 aliphatic heterocycles. The van der Waals surface area contributed by atoms with Gasteiger partial charge < -0.3 is 10.4 Å². The predicted octanol–water partition coefficient (Wildman–Crippen LogP) is 1.98. The van der Waals surface area contributed by atoms with Gasteiger partial charge in [0.2, 0.25) is 11.8 Å². The van der Waals surface area contributed by atoms with Crippen LogP contribution in [0, 0.1) is 19.7 Å². The van der Waals surface area contributed by atoms with E-state index in [0.717, 1.165) is 5.56 Å². The third-order valence-electron chi connectivity index (χ3n) is 2.58. The Labute approximate surface area is 102 Å². The molecule has 6 heteroatoms. The van der Waals surface area contributed by atoms with Crippen LogP contribution >= 0.6 is 0 Å². The molecule has 5 nitrogen and oxygen atoms in total. The minimum Gasteiger partial charge on any atom is -0.493 e. The van der Waals surface area contributed by atoms with Gasteiger partial charge in [-0.15, -0.1) is 0 Å². The molecule has 1 aromatic carbocycles. The number of H-pyrrole nitrogens is 1. The van der Waals surface area contributed by atoms with E-state index in [1.54, 1.807) is 13.0 Å². The standard InChI is InChI=1S/C12H12FN3O2/c1-6-3-4-8(13)5-9(6)14-12-15-10(17)7(2)11(18)16-12/h3-5H,1-2H3,(H3,14,15,16,17,18). The second kappa shape index (κ2) is 4.48. The van der Waals surface area contributed by atoms with Gasteiger partial charge in [0.1, 0.15) is 5.82 Å². The Kier molecular flexibility index (Phi) is 3.01. The zero-order valence-corrected chi connectivity index (χ0v) is 9.91. The van der Waals surface area contributed by atoms with Gasteiger partial charge in [0.05, 0.1) is 5.56 Å². The summed E-state index contributed by atoms with van der Waals surface area (Å²) in [6.07, 6.45) is 0. The molecule has 0 bridgehead atoms. The van der Waals surface area contributed by atoms with Gasteiger partial charge in [-0.05, 0) is 31.5 Å². The second-order valence-electron chi connectivity index (χ2n) is 3.95. The summed E-state index contributed by atoms with van der Waals surface area (Å²) in [5.41, 5.74) is 0.955. The first-order valence-corrected chi connectivity index (χ1v) is 5.30. The Morgan fingerprint density at radius 1 is 1.39 bits per heavy atom. The van der Waals surface area contributed by atoms with Crippen molar-refractivity contribution in [1.29, 1.82) is 0 Å². The SMILES string of the molecule is Cc1ccc(F)cc1Nc1nc(O)c(C)c(=O)[nH]1. The smallest absolute Gasteiger partial charge is 0.259 e. The van der Waals surface area contributed by atoms with Crippen LogP contribution in [0.5, 0.6) is 5.88 Å². The quantitative estimate of drug-likeness (QED) is 0.760. The first-order valence-electron chi connectivity index (χ1n) is 5.30. The molecule has 0 aliphatic carbocycles. The van der Waals surface area contributed by atoms with Gasteiger partial charge in [-0.25, -0.2) is 4.39 Å². The van der Waals surface area contributed by atoms with Crippen molar-refractivity contribution < 1.29 is 9.50 Å². The maximum Gasteiger partial charge on any atom is 0.259 e. The number of aromatic hydroxyl groups is 1. The van der Waals surface area contributed by atoms with Crippen molar-refractivity contribution >= 4 is 11.6 Å². The molecule has 1 aromatic heterocycles. The highest BCUT2D eigenvalue weighted by molar-refractivity contribution is 5.58. The molecule has 0 saturated heterocycles. The normalized spacial score (nSPS) is 10.4. The first kappa shape index (κ1) is 12.1. The first-order chi connectivity index (χ1) is 8.47. The fourth-order valence-corrected chi connectivity index (χ4v) is 1.44. The molecule has 0 unspecified atom stereocenters. The molecular formula is C12H12FN3O2. The largest absolute Gasteiger partial charge is 0.493 e. The Morgan fingerprint density at radius 3 is 2.78 bits per heavy atom. The minimum atomic E-state index is -0.445. The van der Waals surface area contributed by atoms with Crippen molar-refractivity contribution in [2.24, 2.45) is 0 Å². The summed E-state index contributed by atoms with van der Waals surface area (Å²) >= 11 is 0. The highest BCUT2D eigenvalue weighted by Gasteiger charge is 2.07. The van der Waals surface area contributed by atoms with Gasteiger partial charge in [-0.1, -0.05) is 6.07 Å². The number of hydrogen-bond acceptors (Lipinski definition) is 4. The van der Waals surface area contributed by atoms with Crippen LogP contribution in [0.2, 0.25) is 0 Å². The zero-order chi connectivity index (χ0) is 13.3. The van der Waals surface area contributed by atoms with Crippen LogP contribution < -0.4 is 10.9 Å². The van der Waals surface area contributed by atoms with Gasteiger partial charge in [-0.2, -0.15) is 4.98 Å². The number of aromatic nitrogens is 2. The number of anilines is 2. The number of rotatable bonds is 2. The van der Waals surface area contributed by atoms with E-state index in [1.165, 1.54) is 19.1 Å². The molecule has 0 fully saturated rings. The van der Waals surface area contributed by atoms with Crippen molar-refractivity contribution in [3.05, 3.63) is 45.5 Å². The zero-order valence-electron chi connectivity index (χ0n) is 9.91. The van der Waals surface area contributed by atoms with Gasteiger partial charge in [0.15, 0.2) is 0 Å². The predicted molar refractivity (Wildman–Crippen MR) is 65.7 cm³/mol. The topological polar surface area (TPSA) is 78.0 Å². The van der Waals surface area contributed by atoms with Gasteiger partial charge in [0.25, 0.3) is 5.56 Å². The Morgan fingerprint density at radius 2 is 2.11 bits per heavy atom. The van der Waals surface area contributed by atoms with E-state index in [1.807, 2.05) is 0 Å². The molecule has 0 amide bonds. The fourth-order valence-electron chi connectivity index (χ4n) is 1.44. The molecule has 0 atom stereocenters. The molecule has 1 heterocycles.